The van der Waals surface area contributed by atoms with E-state index < -0.39 is 0 Å². The number of aromatic nitrogens is 2. The lowest BCUT2D eigenvalue weighted by atomic mass is 9.95. The number of rotatable bonds is 5. The minimum atomic E-state index is 0.0601. The van der Waals surface area contributed by atoms with E-state index in [0.717, 1.165) is 18.5 Å². The van der Waals surface area contributed by atoms with Crippen molar-refractivity contribution in [3.8, 4) is 0 Å². The van der Waals surface area contributed by atoms with E-state index in [9.17, 15) is 0 Å². The molecule has 4 nitrogen and oxygen atoms in total. The maximum absolute atomic E-state index is 6.08. The van der Waals surface area contributed by atoms with Crippen LogP contribution in [0.5, 0.6) is 0 Å². The summed E-state index contributed by atoms with van der Waals surface area (Å²) in [6.07, 6.45) is 3.89. The van der Waals surface area contributed by atoms with E-state index in [1.165, 1.54) is 0 Å². The Bertz CT molecular complexity index is 291. The van der Waals surface area contributed by atoms with Gasteiger partial charge in [0, 0.05) is 7.05 Å². The van der Waals surface area contributed by atoms with Crippen LogP contribution in [0, 0.1) is 5.92 Å². The average Bonchev–Trinajstić information content (AvgIpc) is 2.51. The molecule has 0 aliphatic carbocycles. The van der Waals surface area contributed by atoms with Crippen LogP contribution >= 0.6 is 11.6 Å². The van der Waals surface area contributed by atoms with Gasteiger partial charge in [0.15, 0.2) is 0 Å². The van der Waals surface area contributed by atoms with Gasteiger partial charge in [-0.25, -0.2) is 0 Å². The SMILES string of the molecule is CCCC(C)C(NN)c1c(Cl)cnn1C. The van der Waals surface area contributed by atoms with Gasteiger partial charge in [-0.05, 0) is 12.3 Å². The standard InChI is InChI=1S/C10H19ClN4/c1-4-5-7(2)9(14-12)10-8(11)6-13-15(10)3/h6-7,9,14H,4-5,12H2,1-3H3. The number of aryl methyl sites for hydroxylation is 1. The molecule has 0 fully saturated rings. The average molecular weight is 231 g/mol. The number of hydrazine groups is 1. The number of nitrogens with zero attached hydrogens (tertiary/aromatic N) is 2. The van der Waals surface area contributed by atoms with Crippen molar-refractivity contribution in [3.63, 3.8) is 0 Å². The summed E-state index contributed by atoms with van der Waals surface area (Å²) in [5.74, 6) is 6.02. The molecule has 2 unspecified atom stereocenters. The molecule has 0 bridgehead atoms. The van der Waals surface area contributed by atoms with Crippen LogP contribution in [-0.2, 0) is 7.05 Å². The van der Waals surface area contributed by atoms with Crippen molar-refractivity contribution >= 4 is 11.6 Å². The maximum Gasteiger partial charge on any atom is 0.0834 e. The van der Waals surface area contributed by atoms with Crippen molar-refractivity contribution in [3.05, 3.63) is 16.9 Å². The Hall–Kier alpha value is -0.580. The van der Waals surface area contributed by atoms with Crippen LogP contribution in [0.15, 0.2) is 6.20 Å². The van der Waals surface area contributed by atoms with Gasteiger partial charge in [-0.3, -0.25) is 16.0 Å². The molecule has 0 saturated heterocycles. The Kier molecular flexibility index (Phi) is 4.57. The Morgan fingerprint density at radius 2 is 2.33 bits per heavy atom. The molecule has 3 N–H and O–H groups in total. The first kappa shape index (κ1) is 12.5. The first-order chi connectivity index (χ1) is 7.11. The highest BCUT2D eigenvalue weighted by molar-refractivity contribution is 6.31. The lowest BCUT2D eigenvalue weighted by Crippen LogP contribution is -2.34. The topological polar surface area (TPSA) is 55.9 Å². The number of hydrogen-bond donors (Lipinski definition) is 2. The van der Waals surface area contributed by atoms with Crippen LogP contribution in [0.2, 0.25) is 5.02 Å². The summed E-state index contributed by atoms with van der Waals surface area (Å²) in [7, 11) is 1.88. The minimum absolute atomic E-state index is 0.0601. The number of halogens is 1. The molecular weight excluding hydrogens is 212 g/mol. The van der Waals surface area contributed by atoms with Gasteiger partial charge in [0.2, 0.25) is 0 Å². The molecule has 0 saturated carbocycles. The van der Waals surface area contributed by atoms with E-state index in [1.54, 1.807) is 10.9 Å². The highest BCUT2D eigenvalue weighted by Gasteiger charge is 2.23. The fourth-order valence-corrected chi connectivity index (χ4v) is 2.19. The van der Waals surface area contributed by atoms with E-state index in [0.29, 0.717) is 10.9 Å². The molecule has 86 valence electrons. The lowest BCUT2D eigenvalue weighted by molar-refractivity contribution is 0.351. The summed E-state index contributed by atoms with van der Waals surface area (Å²) in [5.41, 5.74) is 3.78. The fourth-order valence-electron chi connectivity index (χ4n) is 1.90. The zero-order chi connectivity index (χ0) is 11.4. The molecule has 5 heteroatoms. The van der Waals surface area contributed by atoms with Crippen LogP contribution < -0.4 is 11.3 Å². The normalized spacial score (nSPS) is 15.3. The molecule has 0 amide bonds. The van der Waals surface area contributed by atoms with Crippen LogP contribution in [-0.4, -0.2) is 9.78 Å². The summed E-state index contributed by atoms with van der Waals surface area (Å²) in [6.45, 7) is 4.33. The molecule has 0 spiro atoms. The monoisotopic (exact) mass is 230 g/mol. The largest absolute Gasteiger partial charge is 0.271 e. The predicted octanol–water partition coefficient (Wildman–Crippen LogP) is 2.01. The Labute approximate surface area is 95.8 Å². The molecule has 0 aliphatic heterocycles. The molecule has 0 radical (unpaired) electrons. The van der Waals surface area contributed by atoms with Gasteiger partial charge in [0.05, 0.1) is 23.0 Å². The highest BCUT2D eigenvalue weighted by Crippen LogP contribution is 2.29. The molecule has 0 aromatic carbocycles. The first-order valence-corrected chi connectivity index (χ1v) is 5.63. The van der Waals surface area contributed by atoms with E-state index in [-0.39, 0.29) is 6.04 Å². The molecule has 1 aromatic rings. The zero-order valence-electron chi connectivity index (χ0n) is 9.50. The second kappa shape index (κ2) is 5.49. The molecule has 1 rings (SSSR count). The molecule has 0 aliphatic rings. The van der Waals surface area contributed by atoms with Crippen molar-refractivity contribution in [2.24, 2.45) is 18.8 Å². The Balaban J connectivity index is 2.91. The van der Waals surface area contributed by atoms with Gasteiger partial charge in [-0.2, -0.15) is 5.10 Å². The molecule has 1 aromatic heterocycles. The quantitative estimate of drug-likeness (QED) is 0.601. The Morgan fingerprint density at radius 3 is 2.73 bits per heavy atom. The summed E-state index contributed by atoms with van der Waals surface area (Å²) in [6, 6.07) is 0.0601. The summed E-state index contributed by atoms with van der Waals surface area (Å²) >= 11 is 6.08. The van der Waals surface area contributed by atoms with Gasteiger partial charge in [-0.15, -0.1) is 0 Å². The summed E-state index contributed by atoms with van der Waals surface area (Å²) in [4.78, 5) is 0. The van der Waals surface area contributed by atoms with Crippen LogP contribution in [0.3, 0.4) is 0 Å². The van der Waals surface area contributed by atoms with Gasteiger partial charge in [-0.1, -0.05) is 31.9 Å². The molecule has 15 heavy (non-hydrogen) atoms. The maximum atomic E-state index is 6.08. The van der Waals surface area contributed by atoms with Gasteiger partial charge in [0.25, 0.3) is 0 Å². The predicted molar refractivity (Wildman–Crippen MR) is 62.4 cm³/mol. The van der Waals surface area contributed by atoms with E-state index in [1.807, 2.05) is 7.05 Å². The van der Waals surface area contributed by atoms with Crippen molar-refractivity contribution in [1.82, 2.24) is 15.2 Å². The van der Waals surface area contributed by atoms with E-state index in [2.05, 4.69) is 24.4 Å². The number of nitrogens with one attached hydrogen (secondary N) is 1. The van der Waals surface area contributed by atoms with Gasteiger partial charge in [0.1, 0.15) is 0 Å². The van der Waals surface area contributed by atoms with Crippen molar-refractivity contribution < 1.29 is 0 Å². The second-order valence-electron chi connectivity index (χ2n) is 3.91. The summed E-state index contributed by atoms with van der Waals surface area (Å²) in [5, 5.41) is 4.79. The third-order valence-electron chi connectivity index (χ3n) is 2.72. The molecule has 1 heterocycles. The van der Waals surface area contributed by atoms with Crippen molar-refractivity contribution in [2.45, 2.75) is 32.7 Å². The van der Waals surface area contributed by atoms with E-state index >= 15 is 0 Å². The lowest BCUT2D eigenvalue weighted by Gasteiger charge is -2.23. The molecular formula is C10H19ClN4. The second-order valence-corrected chi connectivity index (χ2v) is 4.32. The smallest absolute Gasteiger partial charge is 0.0834 e. The first-order valence-electron chi connectivity index (χ1n) is 5.25. The van der Waals surface area contributed by atoms with Crippen molar-refractivity contribution in [2.75, 3.05) is 0 Å². The van der Waals surface area contributed by atoms with E-state index in [4.69, 9.17) is 17.4 Å². The van der Waals surface area contributed by atoms with Crippen molar-refractivity contribution in [1.29, 1.82) is 0 Å². The Morgan fingerprint density at radius 1 is 1.67 bits per heavy atom. The third-order valence-corrected chi connectivity index (χ3v) is 3.02. The van der Waals surface area contributed by atoms with Crippen LogP contribution in [0.4, 0.5) is 0 Å². The molecule has 2 atom stereocenters. The summed E-state index contributed by atoms with van der Waals surface area (Å²) < 4.78 is 1.78. The third kappa shape index (κ3) is 2.71. The number of hydrogen-bond acceptors (Lipinski definition) is 3. The van der Waals surface area contributed by atoms with Crippen LogP contribution in [0.25, 0.3) is 0 Å². The number of nitrogens with two attached hydrogens (primary N) is 1. The highest BCUT2D eigenvalue weighted by atomic mass is 35.5. The van der Waals surface area contributed by atoms with Gasteiger partial charge >= 0.3 is 0 Å². The fraction of sp³-hybridized carbons (Fsp3) is 0.700. The minimum Gasteiger partial charge on any atom is -0.271 e. The van der Waals surface area contributed by atoms with Gasteiger partial charge < -0.3 is 0 Å². The van der Waals surface area contributed by atoms with Crippen LogP contribution in [0.1, 0.15) is 38.4 Å². The zero-order valence-corrected chi connectivity index (χ0v) is 10.3.